The van der Waals surface area contributed by atoms with Crippen molar-refractivity contribution in [2.24, 2.45) is 5.92 Å². The van der Waals surface area contributed by atoms with Crippen LogP contribution >= 0.6 is 11.6 Å². The molecule has 3 rings (SSSR count). The maximum Gasteiger partial charge on any atom is 0.303 e. The van der Waals surface area contributed by atoms with Crippen molar-refractivity contribution in [3.63, 3.8) is 0 Å². The number of likely N-dealkylation sites (tertiary alicyclic amines) is 1. The molecule has 0 aliphatic carbocycles. The minimum absolute atomic E-state index is 0.125. The van der Waals surface area contributed by atoms with Gasteiger partial charge in [-0.25, -0.2) is 0 Å². The molecular formula is C16H18ClN5O3. The lowest BCUT2D eigenvalue weighted by atomic mass is 9.93. The van der Waals surface area contributed by atoms with Crippen molar-refractivity contribution < 1.29 is 14.7 Å². The van der Waals surface area contributed by atoms with E-state index >= 15 is 0 Å². The minimum Gasteiger partial charge on any atom is -0.481 e. The van der Waals surface area contributed by atoms with E-state index < -0.39 is 5.97 Å². The van der Waals surface area contributed by atoms with Gasteiger partial charge in [0, 0.05) is 24.5 Å². The maximum atomic E-state index is 13.0. The number of piperidine rings is 1. The molecule has 1 unspecified atom stereocenters. The SMILES string of the molecule is O=C(O)CCC1CCCN(C(=O)c2cc(Cl)ccc2-n2cnnn2)C1. The quantitative estimate of drug-likeness (QED) is 0.872. The van der Waals surface area contributed by atoms with Gasteiger partial charge in [-0.2, -0.15) is 4.68 Å². The van der Waals surface area contributed by atoms with Crippen LogP contribution in [-0.4, -0.2) is 55.2 Å². The number of benzene rings is 1. The van der Waals surface area contributed by atoms with Crippen LogP contribution in [0.4, 0.5) is 0 Å². The zero-order valence-corrected chi connectivity index (χ0v) is 14.3. The molecule has 1 aliphatic rings. The van der Waals surface area contributed by atoms with Gasteiger partial charge in [-0.3, -0.25) is 9.59 Å². The van der Waals surface area contributed by atoms with Crippen LogP contribution in [0.2, 0.25) is 5.02 Å². The first-order chi connectivity index (χ1) is 12.0. The predicted octanol–water partition coefficient (Wildman–Crippen LogP) is 2.03. The van der Waals surface area contributed by atoms with Crippen LogP contribution in [-0.2, 0) is 4.79 Å². The molecule has 9 heteroatoms. The maximum absolute atomic E-state index is 13.0. The zero-order chi connectivity index (χ0) is 17.8. The number of hydrogen-bond acceptors (Lipinski definition) is 5. The van der Waals surface area contributed by atoms with E-state index in [4.69, 9.17) is 16.7 Å². The Morgan fingerprint density at radius 3 is 2.92 bits per heavy atom. The standard InChI is InChI=1S/C16H18ClN5O3/c17-12-4-5-14(22-10-18-19-20-22)13(8-12)16(25)21-7-1-2-11(9-21)3-6-15(23)24/h4-5,8,10-11H,1-3,6-7,9H2,(H,23,24). The van der Waals surface area contributed by atoms with Gasteiger partial charge < -0.3 is 10.0 Å². The number of aromatic nitrogens is 4. The number of carbonyl (C=O) groups is 2. The van der Waals surface area contributed by atoms with Crippen LogP contribution in [0.25, 0.3) is 5.69 Å². The summed E-state index contributed by atoms with van der Waals surface area (Å²) in [5, 5.41) is 20.4. The van der Waals surface area contributed by atoms with Crippen molar-refractivity contribution in [3.05, 3.63) is 35.1 Å². The second kappa shape index (κ2) is 7.60. The summed E-state index contributed by atoms with van der Waals surface area (Å²) in [6.07, 6.45) is 3.92. The highest BCUT2D eigenvalue weighted by Crippen LogP contribution is 2.25. The van der Waals surface area contributed by atoms with E-state index in [1.807, 2.05) is 0 Å². The van der Waals surface area contributed by atoms with Gasteiger partial charge in [-0.1, -0.05) is 11.6 Å². The number of aliphatic carboxylic acids is 1. The van der Waals surface area contributed by atoms with Crippen molar-refractivity contribution >= 4 is 23.5 Å². The van der Waals surface area contributed by atoms with Gasteiger partial charge in [0.05, 0.1) is 11.3 Å². The lowest BCUT2D eigenvalue weighted by molar-refractivity contribution is -0.137. The van der Waals surface area contributed by atoms with E-state index in [9.17, 15) is 9.59 Å². The third kappa shape index (κ3) is 4.14. The Morgan fingerprint density at radius 1 is 1.36 bits per heavy atom. The number of hydrogen-bond donors (Lipinski definition) is 1. The van der Waals surface area contributed by atoms with E-state index in [-0.39, 0.29) is 18.2 Å². The van der Waals surface area contributed by atoms with Crippen molar-refractivity contribution in [2.45, 2.75) is 25.7 Å². The minimum atomic E-state index is -0.806. The molecule has 1 N–H and O–H groups in total. The molecule has 2 aromatic rings. The third-order valence-corrected chi connectivity index (χ3v) is 4.59. The van der Waals surface area contributed by atoms with Crippen molar-refractivity contribution in [3.8, 4) is 5.69 Å². The third-order valence-electron chi connectivity index (χ3n) is 4.36. The van der Waals surface area contributed by atoms with Crippen LogP contribution in [0.1, 0.15) is 36.0 Å². The summed E-state index contributed by atoms with van der Waals surface area (Å²) in [5.41, 5.74) is 0.991. The number of halogens is 1. The van der Waals surface area contributed by atoms with Gasteiger partial charge in [0.25, 0.3) is 5.91 Å². The van der Waals surface area contributed by atoms with Gasteiger partial charge in [0.1, 0.15) is 6.33 Å². The van der Waals surface area contributed by atoms with Gasteiger partial charge in [-0.15, -0.1) is 5.10 Å². The van der Waals surface area contributed by atoms with Crippen molar-refractivity contribution in [1.82, 2.24) is 25.1 Å². The van der Waals surface area contributed by atoms with E-state index in [1.54, 1.807) is 23.1 Å². The largest absolute Gasteiger partial charge is 0.481 e. The average Bonchev–Trinajstić information content (AvgIpc) is 3.14. The summed E-state index contributed by atoms with van der Waals surface area (Å²) < 4.78 is 1.43. The topological polar surface area (TPSA) is 101 Å². The number of amides is 1. The number of carbonyl (C=O) groups excluding carboxylic acids is 1. The average molecular weight is 364 g/mol. The highest BCUT2D eigenvalue weighted by molar-refractivity contribution is 6.31. The summed E-state index contributed by atoms with van der Waals surface area (Å²) in [4.78, 5) is 25.6. The summed E-state index contributed by atoms with van der Waals surface area (Å²) in [6.45, 7) is 1.19. The molecule has 1 saturated heterocycles. The summed E-state index contributed by atoms with van der Waals surface area (Å²) in [6, 6.07) is 5.00. The Bertz CT molecular complexity index is 765. The van der Waals surface area contributed by atoms with Gasteiger partial charge in [0.2, 0.25) is 0 Å². The Labute approximate surface area is 149 Å². The molecule has 1 aromatic carbocycles. The molecule has 1 aliphatic heterocycles. The Kier molecular flexibility index (Phi) is 5.28. The summed E-state index contributed by atoms with van der Waals surface area (Å²) in [7, 11) is 0. The molecule has 132 valence electrons. The van der Waals surface area contributed by atoms with Crippen molar-refractivity contribution in [1.29, 1.82) is 0 Å². The fraction of sp³-hybridized carbons (Fsp3) is 0.438. The zero-order valence-electron chi connectivity index (χ0n) is 13.5. The number of nitrogens with zero attached hydrogens (tertiary/aromatic N) is 5. The molecule has 8 nitrogen and oxygen atoms in total. The van der Waals surface area contributed by atoms with Gasteiger partial charge in [-0.05, 0) is 53.8 Å². The summed E-state index contributed by atoms with van der Waals surface area (Å²) >= 11 is 6.08. The first-order valence-corrected chi connectivity index (χ1v) is 8.46. The van der Waals surface area contributed by atoms with E-state index in [0.29, 0.717) is 35.8 Å². The Balaban J connectivity index is 1.80. The Morgan fingerprint density at radius 2 is 2.20 bits per heavy atom. The normalized spacial score (nSPS) is 17.5. The molecule has 0 spiro atoms. The molecule has 1 amide bonds. The second-order valence-electron chi connectivity index (χ2n) is 6.11. The fourth-order valence-corrected chi connectivity index (χ4v) is 3.31. The molecule has 1 atom stereocenters. The highest BCUT2D eigenvalue weighted by Gasteiger charge is 2.27. The lowest BCUT2D eigenvalue weighted by Crippen LogP contribution is -2.40. The summed E-state index contributed by atoms with van der Waals surface area (Å²) in [5.74, 6) is -0.753. The Hall–Kier alpha value is -2.48. The molecule has 0 saturated carbocycles. The van der Waals surface area contributed by atoms with Gasteiger partial charge >= 0.3 is 5.97 Å². The van der Waals surface area contributed by atoms with Crippen LogP contribution < -0.4 is 0 Å². The van der Waals surface area contributed by atoms with Crippen molar-refractivity contribution in [2.75, 3.05) is 13.1 Å². The smallest absolute Gasteiger partial charge is 0.303 e. The monoisotopic (exact) mass is 363 g/mol. The molecule has 1 aromatic heterocycles. The number of carboxylic acids is 1. The molecule has 0 bridgehead atoms. The number of rotatable bonds is 5. The number of carboxylic acid groups (broad SMARTS) is 1. The first kappa shape index (κ1) is 17.3. The van der Waals surface area contributed by atoms with E-state index in [1.165, 1.54) is 11.0 Å². The van der Waals surface area contributed by atoms with Crippen LogP contribution in [0.15, 0.2) is 24.5 Å². The van der Waals surface area contributed by atoms with Crippen LogP contribution in [0.5, 0.6) is 0 Å². The van der Waals surface area contributed by atoms with E-state index in [0.717, 1.165) is 12.8 Å². The predicted molar refractivity (Wildman–Crippen MR) is 89.7 cm³/mol. The van der Waals surface area contributed by atoms with E-state index in [2.05, 4.69) is 15.5 Å². The van der Waals surface area contributed by atoms with Gasteiger partial charge in [0.15, 0.2) is 0 Å². The molecule has 1 fully saturated rings. The first-order valence-electron chi connectivity index (χ1n) is 8.08. The van der Waals surface area contributed by atoms with Crippen LogP contribution in [0.3, 0.4) is 0 Å². The van der Waals surface area contributed by atoms with Crippen LogP contribution in [0, 0.1) is 5.92 Å². The lowest BCUT2D eigenvalue weighted by Gasteiger charge is -2.33. The second-order valence-corrected chi connectivity index (χ2v) is 6.54. The molecule has 2 heterocycles. The fourth-order valence-electron chi connectivity index (χ4n) is 3.13. The molecular weight excluding hydrogens is 346 g/mol. The highest BCUT2D eigenvalue weighted by atomic mass is 35.5. The molecule has 25 heavy (non-hydrogen) atoms. The number of tetrazole rings is 1. The molecule has 0 radical (unpaired) electrons.